The Hall–Kier alpha value is -0.960. The van der Waals surface area contributed by atoms with Crippen LogP contribution >= 0.6 is 11.6 Å². The first-order valence-electron chi connectivity index (χ1n) is 11.7. The van der Waals surface area contributed by atoms with Crippen LogP contribution in [0.1, 0.15) is 109 Å². The highest BCUT2D eigenvalue weighted by Crippen LogP contribution is 2.23. The number of ether oxygens (including phenoxy) is 1. The van der Waals surface area contributed by atoms with Gasteiger partial charge < -0.3 is 9.15 Å². The van der Waals surface area contributed by atoms with Crippen LogP contribution in [0.15, 0.2) is 16.5 Å². The van der Waals surface area contributed by atoms with Crippen LogP contribution in [0.2, 0.25) is 0 Å². The van der Waals surface area contributed by atoms with Gasteiger partial charge in [0.15, 0.2) is 5.76 Å². The molecule has 0 amide bonds. The number of halogens is 1. The molecule has 3 atom stereocenters. The number of hydrogen-bond acceptors (Lipinski definition) is 3. The van der Waals surface area contributed by atoms with Crippen molar-refractivity contribution in [2.75, 3.05) is 6.61 Å². The van der Waals surface area contributed by atoms with Crippen molar-refractivity contribution in [2.24, 2.45) is 23.7 Å². The molecule has 0 N–H and O–H groups in total. The van der Waals surface area contributed by atoms with E-state index in [4.69, 9.17) is 20.8 Å². The van der Waals surface area contributed by atoms with Crippen LogP contribution in [-0.4, -0.2) is 11.8 Å². The van der Waals surface area contributed by atoms with Gasteiger partial charge in [0.05, 0.1) is 6.61 Å². The molecule has 0 saturated heterocycles. The number of furan rings is 1. The standard InChI is InChI=1S/C25H43ClO3/c1-19(2)9-6-10-20(3)11-7-12-21(4)13-8-14-22(5)17-18-28-24-16-15-23(29-24)25(26)27/h15-16,19-22H,6-14,17-18H2,1-5H3. The van der Waals surface area contributed by atoms with E-state index in [2.05, 4.69) is 34.6 Å². The first-order chi connectivity index (χ1) is 13.8. The molecule has 1 rings (SSSR count). The van der Waals surface area contributed by atoms with Gasteiger partial charge in [-0.25, -0.2) is 0 Å². The van der Waals surface area contributed by atoms with Gasteiger partial charge in [0.2, 0.25) is 0 Å². The maximum atomic E-state index is 11.0. The minimum Gasteiger partial charge on any atom is -0.465 e. The molecule has 0 aliphatic rings. The molecule has 0 spiro atoms. The summed E-state index contributed by atoms with van der Waals surface area (Å²) >= 11 is 5.37. The van der Waals surface area contributed by atoms with E-state index in [9.17, 15) is 4.79 Å². The molecule has 1 aromatic heterocycles. The molecule has 29 heavy (non-hydrogen) atoms. The molecule has 1 heterocycles. The molecular weight excluding hydrogens is 384 g/mol. The maximum Gasteiger partial charge on any atom is 0.287 e. The average molecular weight is 427 g/mol. The predicted molar refractivity (Wildman–Crippen MR) is 123 cm³/mol. The largest absolute Gasteiger partial charge is 0.465 e. The van der Waals surface area contributed by atoms with E-state index in [1.807, 2.05) is 0 Å². The average Bonchev–Trinajstić information content (AvgIpc) is 3.10. The third-order valence-electron chi connectivity index (χ3n) is 5.90. The normalized spacial score (nSPS) is 14.7. The van der Waals surface area contributed by atoms with Crippen molar-refractivity contribution < 1.29 is 13.9 Å². The number of carbonyl (C=O) groups is 1. The topological polar surface area (TPSA) is 39.4 Å². The molecule has 3 nitrogen and oxygen atoms in total. The number of hydrogen-bond donors (Lipinski definition) is 0. The zero-order chi connectivity index (χ0) is 21.6. The summed E-state index contributed by atoms with van der Waals surface area (Å²) in [5, 5.41) is -0.595. The number of carbonyl (C=O) groups excluding carboxylic acids is 1. The third kappa shape index (κ3) is 13.1. The highest BCUT2D eigenvalue weighted by Gasteiger charge is 2.11. The zero-order valence-electron chi connectivity index (χ0n) is 19.3. The SMILES string of the molecule is CC(C)CCCC(C)CCCC(C)CCCC(C)CCOc1ccc(C(=O)Cl)o1. The fourth-order valence-electron chi connectivity index (χ4n) is 3.80. The molecule has 3 unspecified atom stereocenters. The molecule has 0 aromatic carbocycles. The smallest absolute Gasteiger partial charge is 0.287 e. The van der Waals surface area contributed by atoms with Crippen molar-refractivity contribution in [1.29, 1.82) is 0 Å². The van der Waals surface area contributed by atoms with Gasteiger partial charge in [-0.1, -0.05) is 92.4 Å². The quantitative estimate of drug-likeness (QED) is 0.234. The maximum absolute atomic E-state index is 11.0. The minimum absolute atomic E-state index is 0.133. The zero-order valence-corrected chi connectivity index (χ0v) is 20.1. The van der Waals surface area contributed by atoms with E-state index < -0.39 is 5.24 Å². The van der Waals surface area contributed by atoms with E-state index >= 15 is 0 Å². The van der Waals surface area contributed by atoms with Gasteiger partial charge in [0, 0.05) is 6.07 Å². The lowest BCUT2D eigenvalue weighted by atomic mass is 9.91. The van der Waals surface area contributed by atoms with Gasteiger partial charge in [-0.05, 0) is 47.8 Å². The van der Waals surface area contributed by atoms with E-state index in [0.29, 0.717) is 18.5 Å². The third-order valence-corrected chi connectivity index (χ3v) is 6.08. The number of rotatable bonds is 17. The molecule has 0 aliphatic heterocycles. The Morgan fingerprint density at radius 1 is 0.828 bits per heavy atom. The van der Waals surface area contributed by atoms with Crippen LogP contribution in [0.4, 0.5) is 0 Å². The first-order valence-corrected chi connectivity index (χ1v) is 12.1. The van der Waals surface area contributed by atoms with Crippen molar-refractivity contribution >= 4 is 16.8 Å². The summed E-state index contributed by atoms with van der Waals surface area (Å²) in [6.45, 7) is 12.4. The second-order valence-corrected chi connectivity index (χ2v) is 9.87. The van der Waals surface area contributed by atoms with Crippen LogP contribution in [0.5, 0.6) is 5.95 Å². The van der Waals surface area contributed by atoms with Crippen LogP contribution in [0.3, 0.4) is 0 Å². The molecule has 1 aromatic rings. The van der Waals surface area contributed by atoms with Crippen LogP contribution in [-0.2, 0) is 0 Å². The monoisotopic (exact) mass is 426 g/mol. The minimum atomic E-state index is -0.595. The molecule has 0 radical (unpaired) electrons. The first kappa shape index (κ1) is 26.1. The lowest BCUT2D eigenvalue weighted by molar-refractivity contribution is 0.104. The molecule has 0 aliphatic carbocycles. The highest BCUT2D eigenvalue weighted by atomic mass is 35.5. The Bertz CT molecular complexity index is 552. The van der Waals surface area contributed by atoms with E-state index in [0.717, 1.165) is 24.2 Å². The van der Waals surface area contributed by atoms with Gasteiger partial charge in [-0.3, -0.25) is 4.79 Å². The van der Waals surface area contributed by atoms with Crippen molar-refractivity contribution in [3.8, 4) is 5.95 Å². The van der Waals surface area contributed by atoms with Crippen molar-refractivity contribution in [2.45, 2.75) is 98.8 Å². The van der Waals surface area contributed by atoms with Gasteiger partial charge >= 0.3 is 0 Å². The Kier molecular flexibility index (Phi) is 13.4. The molecular formula is C25H43ClO3. The Morgan fingerprint density at radius 3 is 1.76 bits per heavy atom. The summed E-state index contributed by atoms with van der Waals surface area (Å²) in [6, 6.07) is 3.19. The molecule has 4 heteroatoms. The van der Waals surface area contributed by atoms with Crippen molar-refractivity contribution in [3.05, 3.63) is 17.9 Å². The van der Waals surface area contributed by atoms with Crippen LogP contribution in [0.25, 0.3) is 0 Å². The summed E-state index contributed by atoms with van der Waals surface area (Å²) in [5.41, 5.74) is 0. The fraction of sp³-hybridized carbons (Fsp3) is 0.800. The summed E-state index contributed by atoms with van der Waals surface area (Å²) in [5.74, 6) is 3.69. The molecule has 0 saturated carbocycles. The van der Waals surface area contributed by atoms with Crippen LogP contribution < -0.4 is 4.74 Å². The Labute approximate surface area is 183 Å². The van der Waals surface area contributed by atoms with E-state index in [1.54, 1.807) is 12.1 Å². The van der Waals surface area contributed by atoms with Gasteiger partial charge in [-0.15, -0.1) is 0 Å². The fourth-order valence-corrected chi connectivity index (χ4v) is 3.90. The Morgan fingerprint density at radius 2 is 1.31 bits per heavy atom. The summed E-state index contributed by atoms with van der Waals surface area (Å²) in [4.78, 5) is 11.0. The highest BCUT2D eigenvalue weighted by molar-refractivity contribution is 6.67. The molecule has 168 valence electrons. The van der Waals surface area contributed by atoms with Gasteiger partial charge in [0.1, 0.15) is 0 Å². The van der Waals surface area contributed by atoms with E-state index in [1.165, 1.54) is 57.8 Å². The van der Waals surface area contributed by atoms with E-state index in [-0.39, 0.29) is 5.76 Å². The van der Waals surface area contributed by atoms with Gasteiger partial charge in [0.25, 0.3) is 11.2 Å². The molecule has 0 fully saturated rings. The molecule has 0 bridgehead atoms. The van der Waals surface area contributed by atoms with Crippen LogP contribution in [0, 0.1) is 23.7 Å². The second-order valence-electron chi connectivity index (χ2n) is 9.53. The van der Waals surface area contributed by atoms with Crippen molar-refractivity contribution in [3.63, 3.8) is 0 Å². The lowest BCUT2D eigenvalue weighted by Crippen LogP contribution is -2.05. The summed E-state index contributed by atoms with van der Waals surface area (Å²) in [6.07, 6.45) is 13.1. The second kappa shape index (κ2) is 14.9. The predicted octanol–water partition coefficient (Wildman–Crippen LogP) is 8.50. The van der Waals surface area contributed by atoms with Gasteiger partial charge in [-0.2, -0.15) is 0 Å². The van der Waals surface area contributed by atoms with Crippen molar-refractivity contribution in [1.82, 2.24) is 0 Å². The summed E-state index contributed by atoms with van der Waals surface area (Å²) in [7, 11) is 0. The Balaban J connectivity index is 2.02. The lowest BCUT2D eigenvalue weighted by Gasteiger charge is -2.16. The summed E-state index contributed by atoms with van der Waals surface area (Å²) < 4.78 is 10.8.